The molecule has 0 aromatic rings. The summed E-state index contributed by atoms with van der Waals surface area (Å²) in [5.74, 6) is -0.327. The molecular weight excluding hydrogens is 273 g/mol. The van der Waals surface area contributed by atoms with Crippen molar-refractivity contribution < 1.29 is 25.9 Å². The van der Waals surface area contributed by atoms with E-state index in [1.165, 1.54) is 0 Å². The van der Waals surface area contributed by atoms with Gasteiger partial charge in [-0.05, 0) is 12.8 Å². The summed E-state index contributed by atoms with van der Waals surface area (Å²) in [6.07, 6.45) is 3.84. The van der Waals surface area contributed by atoms with E-state index < -0.39 is 15.6 Å². The SMILES string of the molecule is N#CC(=NOS(=O)(=O)C(F)(F)F)C1CCCCC1. The minimum atomic E-state index is -5.78. The van der Waals surface area contributed by atoms with Gasteiger partial charge in [-0.25, -0.2) is 0 Å². The molecule has 1 aliphatic carbocycles. The topological polar surface area (TPSA) is 79.5 Å². The summed E-state index contributed by atoms with van der Waals surface area (Å²) in [6, 6.07) is 1.59. The van der Waals surface area contributed by atoms with Crippen LogP contribution in [-0.2, 0) is 14.4 Å². The van der Waals surface area contributed by atoms with Gasteiger partial charge in [-0.2, -0.15) is 26.9 Å². The maximum absolute atomic E-state index is 12.0. The van der Waals surface area contributed by atoms with Crippen LogP contribution >= 0.6 is 0 Å². The van der Waals surface area contributed by atoms with Crippen LogP contribution in [0.2, 0.25) is 0 Å². The Morgan fingerprint density at radius 1 is 1.28 bits per heavy atom. The highest BCUT2D eigenvalue weighted by Crippen LogP contribution is 2.27. The van der Waals surface area contributed by atoms with Crippen LogP contribution in [0, 0.1) is 17.2 Å². The highest BCUT2D eigenvalue weighted by atomic mass is 32.2. The molecular formula is C9H11F3N2O3S. The van der Waals surface area contributed by atoms with Gasteiger partial charge < -0.3 is 0 Å². The molecule has 0 spiro atoms. The van der Waals surface area contributed by atoms with Crippen LogP contribution < -0.4 is 0 Å². The standard InChI is InChI=1S/C9H11F3N2O3S/c10-9(11,12)18(15,16)17-14-8(6-13)7-4-2-1-3-5-7/h7H,1-5H2. The molecule has 0 bridgehead atoms. The molecule has 18 heavy (non-hydrogen) atoms. The average Bonchev–Trinajstić information content (AvgIpc) is 2.29. The monoisotopic (exact) mass is 284 g/mol. The fraction of sp³-hybridized carbons (Fsp3) is 0.778. The second kappa shape index (κ2) is 5.56. The maximum atomic E-state index is 12.0. The van der Waals surface area contributed by atoms with Gasteiger partial charge in [0, 0.05) is 5.92 Å². The van der Waals surface area contributed by atoms with E-state index in [0.29, 0.717) is 12.8 Å². The third-order valence-corrected chi connectivity index (χ3v) is 3.46. The first-order valence-corrected chi connectivity index (χ1v) is 6.66. The maximum Gasteiger partial charge on any atom is 0.536 e. The first kappa shape index (κ1) is 14.8. The molecule has 1 aliphatic rings. The van der Waals surface area contributed by atoms with Crippen molar-refractivity contribution in [3.63, 3.8) is 0 Å². The minimum Gasteiger partial charge on any atom is -0.261 e. The van der Waals surface area contributed by atoms with E-state index in [9.17, 15) is 21.6 Å². The first-order chi connectivity index (χ1) is 8.28. The zero-order valence-corrected chi connectivity index (χ0v) is 10.1. The first-order valence-electron chi connectivity index (χ1n) is 5.26. The molecule has 5 nitrogen and oxygen atoms in total. The van der Waals surface area contributed by atoms with Crippen molar-refractivity contribution in [3.8, 4) is 6.07 Å². The van der Waals surface area contributed by atoms with Crippen LogP contribution in [0.3, 0.4) is 0 Å². The molecule has 0 amide bonds. The molecule has 1 rings (SSSR count). The predicted molar refractivity (Wildman–Crippen MR) is 55.7 cm³/mol. The second-order valence-corrected chi connectivity index (χ2v) is 5.42. The number of hydrogen-bond donors (Lipinski definition) is 0. The quantitative estimate of drug-likeness (QED) is 0.452. The fourth-order valence-corrected chi connectivity index (χ4v) is 1.96. The van der Waals surface area contributed by atoms with Crippen LogP contribution in [0.5, 0.6) is 0 Å². The second-order valence-electron chi connectivity index (χ2n) is 3.90. The van der Waals surface area contributed by atoms with Gasteiger partial charge >= 0.3 is 15.6 Å². The Morgan fingerprint density at radius 2 is 1.83 bits per heavy atom. The van der Waals surface area contributed by atoms with Gasteiger partial charge in [-0.15, -0.1) is 0 Å². The number of oxime groups is 1. The van der Waals surface area contributed by atoms with E-state index in [4.69, 9.17) is 5.26 Å². The molecule has 0 aromatic carbocycles. The van der Waals surface area contributed by atoms with Crippen LogP contribution in [0.15, 0.2) is 5.16 Å². The summed E-state index contributed by atoms with van der Waals surface area (Å²) in [6.45, 7) is 0. The molecule has 0 aliphatic heterocycles. The molecule has 0 N–H and O–H groups in total. The van der Waals surface area contributed by atoms with Crippen molar-refractivity contribution >= 4 is 15.8 Å². The highest BCUT2D eigenvalue weighted by molar-refractivity contribution is 7.87. The molecule has 0 radical (unpaired) electrons. The largest absolute Gasteiger partial charge is 0.536 e. The van der Waals surface area contributed by atoms with Crippen molar-refractivity contribution in [1.82, 2.24) is 0 Å². The Labute approximate surface area is 102 Å². The molecule has 0 atom stereocenters. The Morgan fingerprint density at radius 3 is 2.28 bits per heavy atom. The predicted octanol–water partition coefficient (Wildman–Crippen LogP) is 2.31. The highest BCUT2D eigenvalue weighted by Gasteiger charge is 2.49. The van der Waals surface area contributed by atoms with Crippen molar-refractivity contribution in [2.75, 3.05) is 0 Å². The zero-order chi connectivity index (χ0) is 13.8. The Bertz CT molecular complexity index is 458. The number of rotatable bonds is 3. The van der Waals surface area contributed by atoms with E-state index in [2.05, 4.69) is 9.44 Å². The van der Waals surface area contributed by atoms with Gasteiger partial charge in [0.05, 0.1) is 0 Å². The fourth-order valence-electron chi connectivity index (χ4n) is 1.69. The molecule has 0 unspecified atom stereocenters. The van der Waals surface area contributed by atoms with Crippen molar-refractivity contribution in [1.29, 1.82) is 5.26 Å². The van der Waals surface area contributed by atoms with Gasteiger partial charge in [-0.1, -0.05) is 24.4 Å². The van der Waals surface area contributed by atoms with Crippen LogP contribution in [-0.4, -0.2) is 19.6 Å². The molecule has 102 valence electrons. The summed E-state index contributed by atoms with van der Waals surface area (Å²) in [4.78, 5) is 0. The van der Waals surface area contributed by atoms with Crippen LogP contribution in [0.25, 0.3) is 0 Å². The van der Waals surface area contributed by atoms with Crippen molar-refractivity contribution in [3.05, 3.63) is 0 Å². The normalized spacial score (nSPS) is 19.3. The molecule has 1 fully saturated rings. The lowest BCUT2D eigenvalue weighted by Crippen LogP contribution is -2.25. The smallest absolute Gasteiger partial charge is 0.261 e. The Balaban J connectivity index is 2.78. The number of alkyl halides is 3. The molecule has 0 saturated heterocycles. The number of nitrogens with zero attached hydrogens (tertiary/aromatic N) is 2. The molecule has 1 saturated carbocycles. The summed E-state index contributed by atoms with van der Waals surface area (Å²) < 4.78 is 60.6. The van der Waals surface area contributed by atoms with Crippen molar-refractivity contribution in [2.45, 2.75) is 37.6 Å². The van der Waals surface area contributed by atoms with Gasteiger partial charge in [0.15, 0.2) is 5.71 Å². The lowest BCUT2D eigenvalue weighted by molar-refractivity contribution is -0.0541. The van der Waals surface area contributed by atoms with E-state index in [1.54, 1.807) is 6.07 Å². The van der Waals surface area contributed by atoms with E-state index in [1.807, 2.05) is 0 Å². The summed E-state index contributed by atoms with van der Waals surface area (Å²) in [5.41, 5.74) is -5.84. The average molecular weight is 284 g/mol. The summed E-state index contributed by atoms with van der Waals surface area (Å²) in [7, 11) is -5.78. The van der Waals surface area contributed by atoms with E-state index in [0.717, 1.165) is 19.3 Å². The minimum absolute atomic E-state index is 0.303. The van der Waals surface area contributed by atoms with E-state index in [-0.39, 0.29) is 11.6 Å². The Hall–Kier alpha value is -1.30. The van der Waals surface area contributed by atoms with Gasteiger partial charge in [0.2, 0.25) is 0 Å². The molecule has 0 heterocycles. The molecule has 0 aromatic heterocycles. The van der Waals surface area contributed by atoms with Crippen LogP contribution in [0.4, 0.5) is 13.2 Å². The van der Waals surface area contributed by atoms with Crippen LogP contribution in [0.1, 0.15) is 32.1 Å². The summed E-state index contributed by atoms with van der Waals surface area (Å²) in [5, 5.41) is 11.6. The number of nitriles is 1. The zero-order valence-electron chi connectivity index (χ0n) is 9.27. The summed E-state index contributed by atoms with van der Waals surface area (Å²) >= 11 is 0. The Kier molecular flexibility index (Phi) is 4.56. The van der Waals surface area contributed by atoms with Gasteiger partial charge in [0.1, 0.15) is 6.07 Å². The third-order valence-electron chi connectivity index (χ3n) is 2.62. The third kappa shape index (κ3) is 3.60. The number of halogens is 3. The molecule has 9 heteroatoms. The van der Waals surface area contributed by atoms with Crippen molar-refractivity contribution in [2.24, 2.45) is 11.1 Å². The van der Waals surface area contributed by atoms with E-state index >= 15 is 0 Å². The van der Waals surface area contributed by atoms with Gasteiger partial charge in [-0.3, -0.25) is 4.28 Å². The number of hydrogen-bond acceptors (Lipinski definition) is 5. The van der Waals surface area contributed by atoms with Gasteiger partial charge in [0.25, 0.3) is 0 Å². The lowest BCUT2D eigenvalue weighted by Gasteiger charge is -2.19. The lowest BCUT2D eigenvalue weighted by atomic mass is 9.86.